The molecule has 1 aliphatic rings. The molecule has 0 saturated carbocycles. The molecule has 0 saturated heterocycles. The Morgan fingerprint density at radius 2 is 1.61 bits per heavy atom. The second-order valence-electron chi connectivity index (χ2n) is 7.30. The maximum absolute atomic E-state index is 13.3. The molecule has 164 valence electrons. The Morgan fingerprint density at radius 3 is 2.19 bits per heavy atom. The summed E-state index contributed by atoms with van der Waals surface area (Å²) >= 11 is 0. The fourth-order valence-electron chi connectivity index (χ4n) is 3.57. The van der Waals surface area contributed by atoms with E-state index >= 15 is 0 Å². The lowest BCUT2D eigenvalue weighted by Crippen LogP contribution is -2.46. The zero-order valence-electron chi connectivity index (χ0n) is 18.5. The number of urea groups is 1. The summed E-state index contributed by atoms with van der Waals surface area (Å²) in [7, 11) is 4.54. The number of anilines is 1. The SMILES string of the molecule is COc1cc(C2NC(=O)NC(C)=C2C(=O)Nc2cc(C)ccc2C)cc(OC)c1OC. The van der Waals surface area contributed by atoms with Crippen molar-refractivity contribution in [1.29, 1.82) is 0 Å². The second-order valence-corrected chi connectivity index (χ2v) is 7.30. The van der Waals surface area contributed by atoms with Gasteiger partial charge in [0, 0.05) is 11.4 Å². The standard InChI is InChI=1S/C23H27N3O5/c1-12-7-8-13(2)16(9-12)25-22(27)19-14(3)24-23(28)26-20(19)15-10-17(29-4)21(31-6)18(11-15)30-5/h7-11,20H,1-6H3,(H,25,27)(H2,24,26,28). The number of amides is 3. The summed E-state index contributed by atoms with van der Waals surface area (Å²) in [5.74, 6) is 0.960. The quantitative estimate of drug-likeness (QED) is 0.657. The summed E-state index contributed by atoms with van der Waals surface area (Å²) in [6.07, 6.45) is 0. The number of nitrogens with one attached hydrogen (secondary N) is 3. The minimum atomic E-state index is -0.715. The van der Waals surface area contributed by atoms with Gasteiger partial charge < -0.3 is 30.2 Å². The molecule has 2 aromatic rings. The van der Waals surface area contributed by atoms with Crippen LogP contribution in [0.15, 0.2) is 41.6 Å². The van der Waals surface area contributed by atoms with Crippen molar-refractivity contribution in [2.75, 3.05) is 26.6 Å². The van der Waals surface area contributed by atoms with Crippen LogP contribution in [0.1, 0.15) is 29.7 Å². The smallest absolute Gasteiger partial charge is 0.319 e. The van der Waals surface area contributed by atoms with Crippen LogP contribution in [0.3, 0.4) is 0 Å². The molecule has 1 aliphatic heterocycles. The number of carbonyl (C=O) groups excluding carboxylic acids is 2. The van der Waals surface area contributed by atoms with Gasteiger partial charge in [-0.2, -0.15) is 0 Å². The Balaban J connectivity index is 2.06. The molecule has 0 aromatic heterocycles. The number of hydrogen-bond donors (Lipinski definition) is 3. The van der Waals surface area contributed by atoms with Crippen LogP contribution < -0.4 is 30.2 Å². The predicted molar refractivity (Wildman–Crippen MR) is 118 cm³/mol. The van der Waals surface area contributed by atoms with E-state index in [1.54, 1.807) is 19.1 Å². The Labute approximate surface area is 181 Å². The van der Waals surface area contributed by atoms with Crippen LogP contribution in [0, 0.1) is 13.8 Å². The van der Waals surface area contributed by atoms with Crippen LogP contribution in [0.25, 0.3) is 0 Å². The fourth-order valence-corrected chi connectivity index (χ4v) is 3.57. The number of benzene rings is 2. The highest BCUT2D eigenvalue weighted by atomic mass is 16.5. The molecule has 8 heteroatoms. The number of aryl methyl sites for hydroxylation is 2. The summed E-state index contributed by atoms with van der Waals surface area (Å²) in [5.41, 5.74) is 4.15. The number of methoxy groups -OCH3 is 3. The number of hydrogen-bond acceptors (Lipinski definition) is 5. The lowest BCUT2D eigenvalue weighted by molar-refractivity contribution is -0.113. The van der Waals surface area contributed by atoms with Crippen molar-refractivity contribution in [3.63, 3.8) is 0 Å². The first-order chi connectivity index (χ1) is 14.8. The first kappa shape index (κ1) is 22.0. The van der Waals surface area contributed by atoms with E-state index in [1.807, 2.05) is 32.0 Å². The topological polar surface area (TPSA) is 97.9 Å². The normalized spacial score (nSPS) is 15.7. The highest BCUT2D eigenvalue weighted by Gasteiger charge is 2.33. The van der Waals surface area contributed by atoms with Crippen molar-refractivity contribution in [1.82, 2.24) is 10.6 Å². The first-order valence-electron chi connectivity index (χ1n) is 9.75. The van der Waals surface area contributed by atoms with Gasteiger partial charge in [0.15, 0.2) is 11.5 Å². The highest BCUT2D eigenvalue weighted by Crippen LogP contribution is 2.41. The third-order valence-electron chi connectivity index (χ3n) is 5.18. The summed E-state index contributed by atoms with van der Waals surface area (Å²) in [6.45, 7) is 5.58. The van der Waals surface area contributed by atoms with Crippen LogP contribution in [0.5, 0.6) is 17.2 Å². The van der Waals surface area contributed by atoms with Crippen molar-refractivity contribution in [2.45, 2.75) is 26.8 Å². The van der Waals surface area contributed by atoms with Gasteiger partial charge >= 0.3 is 6.03 Å². The molecule has 0 bridgehead atoms. The molecule has 8 nitrogen and oxygen atoms in total. The second kappa shape index (κ2) is 8.99. The van der Waals surface area contributed by atoms with Crippen molar-refractivity contribution in [3.05, 3.63) is 58.3 Å². The van der Waals surface area contributed by atoms with Crippen LogP contribution >= 0.6 is 0 Å². The van der Waals surface area contributed by atoms with Crippen LogP contribution in [-0.2, 0) is 4.79 Å². The van der Waals surface area contributed by atoms with Gasteiger partial charge in [-0.25, -0.2) is 4.79 Å². The van der Waals surface area contributed by atoms with Gasteiger partial charge in [0.1, 0.15) is 0 Å². The maximum Gasteiger partial charge on any atom is 0.319 e. The van der Waals surface area contributed by atoms with Gasteiger partial charge in [-0.05, 0) is 55.7 Å². The first-order valence-corrected chi connectivity index (χ1v) is 9.75. The molecular weight excluding hydrogens is 398 g/mol. The number of ether oxygens (including phenoxy) is 3. The maximum atomic E-state index is 13.3. The Bertz CT molecular complexity index is 1040. The Morgan fingerprint density at radius 1 is 0.968 bits per heavy atom. The summed E-state index contributed by atoms with van der Waals surface area (Å²) in [4.78, 5) is 25.6. The summed E-state index contributed by atoms with van der Waals surface area (Å²) in [5, 5.41) is 8.48. The third-order valence-corrected chi connectivity index (χ3v) is 5.18. The van der Waals surface area contributed by atoms with E-state index in [1.165, 1.54) is 21.3 Å². The Hall–Kier alpha value is -3.68. The van der Waals surface area contributed by atoms with E-state index in [0.717, 1.165) is 11.1 Å². The van der Waals surface area contributed by atoms with Gasteiger partial charge in [0.25, 0.3) is 5.91 Å². The molecule has 31 heavy (non-hydrogen) atoms. The number of allylic oxidation sites excluding steroid dienone is 1. The van der Waals surface area contributed by atoms with Crippen molar-refractivity contribution in [3.8, 4) is 17.2 Å². The highest BCUT2D eigenvalue weighted by molar-refractivity contribution is 6.07. The predicted octanol–water partition coefficient (Wildman–Crippen LogP) is 3.60. The molecule has 3 N–H and O–H groups in total. The molecule has 1 unspecified atom stereocenters. The van der Waals surface area contributed by atoms with Crippen LogP contribution in [0.4, 0.5) is 10.5 Å². The molecule has 3 amide bonds. The van der Waals surface area contributed by atoms with E-state index in [2.05, 4.69) is 16.0 Å². The molecule has 0 aliphatic carbocycles. The Kier molecular flexibility index (Phi) is 6.39. The summed E-state index contributed by atoms with van der Waals surface area (Å²) < 4.78 is 16.2. The van der Waals surface area contributed by atoms with Gasteiger partial charge in [-0.3, -0.25) is 4.79 Å². The monoisotopic (exact) mass is 425 g/mol. The third kappa shape index (κ3) is 4.42. The average Bonchev–Trinajstić information content (AvgIpc) is 2.74. The molecule has 0 spiro atoms. The number of rotatable bonds is 6. The largest absolute Gasteiger partial charge is 0.493 e. The number of carbonyl (C=O) groups is 2. The average molecular weight is 425 g/mol. The van der Waals surface area contributed by atoms with E-state index < -0.39 is 12.1 Å². The molecular formula is C23H27N3O5. The molecule has 3 rings (SSSR count). The minimum absolute atomic E-state index is 0.322. The van der Waals surface area contributed by atoms with E-state index in [0.29, 0.717) is 39.8 Å². The molecule has 1 heterocycles. The van der Waals surface area contributed by atoms with Crippen LogP contribution in [-0.4, -0.2) is 33.3 Å². The van der Waals surface area contributed by atoms with E-state index in [9.17, 15) is 9.59 Å². The van der Waals surface area contributed by atoms with Crippen molar-refractivity contribution < 1.29 is 23.8 Å². The lowest BCUT2D eigenvalue weighted by atomic mass is 9.94. The van der Waals surface area contributed by atoms with Gasteiger partial charge in [-0.1, -0.05) is 12.1 Å². The fraction of sp³-hybridized carbons (Fsp3) is 0.304. The van der Waals surface area contributed by atoms with E-state index in [4.69, 9.17) is 14.2 Å². The minimum Gasteiger partial charge on any atom is -0.493 e. The molecule has 0 fully saturated rings. The zero-order valence-corrected chi connectivity index (χ0v) is 18.5. The molecule has 1 atom stereocenters. The van der Waals surface area contributed by atoms with Crippen molar-refractivity contribution >= 4 is 17.6 Å². The van der Waals surface area contributed by atoms with E-state index in [-0.39, 0.29) is 5.91 Å². The lowest BCUT2D eigenvalue weighted by Gasteiger charge is -2.29. The van der Waals surface area contributed by atoms with Gasteiger partial charge in [0.05, 0.1) is 32.9 Å². The van der Waals surface area contributed by atoms with Crippen molar-refractivity contribution in [2.24, 2.45) is 0 Å². The zero-order chi connectivity index (χ0) is 22.7. The van der Waals surface area contributed by atoms with Gasteiger partial charge in [-0.15, -0.1) is 0 Å². The molecule has 0 radical (unpaired) electrons. The van der Waals surface area contributed by atoms with Crippen LogP contribution in [0.2, 0.25) is 0 Å². The molecule has 2 aromatic carbocycles. The summed E-state index contributed by atoms with van der Waals surface area (Å²) in [6, 6.07) is 8.16. The van der Waals surface area contributed by atoms with Gasteiger partial charge in [0.2, 0.25) is 5.75 Å².